The summed E-state index contributed by atoms with van der Waals surface area (Å²) in [6, 6.07) is 7.52. The lowest BCUT2D eigenvalue weighted by molar-refractivity contribution is 0.290. The van der Waals surface area contributed by atoms with Crippen molar-refractivity contribution in [3.63, 3.8) is 0 Å². The predicted molar refractivity (Wildman–Crippen MR) is 75.8 cm³/mol. The molecule has 1 aromatic carbocycles. The molecule has 0 saturated carbocycles. The molecule has 0 N–H and O–H groups in total. The molecular formula is C15H17N3O2. The Morgan fingerprint density at radius 2 is 2.25 bits per heavy atom. The first-order valence-electron chi connectivity index (χ1n) is 6.55. The Labute approximate surface area is 117 Å². The molecule has 5 nitrogen and oxygen atoms in total. The third kappa shape index (κ3) is 3.33. The number of aromatic nitrogens is 2. The first-order valence-corrected chi connectivity index (χ1v) is 6.55. The van der Waals surface area contributed by atoms with Gasteiger partial charge in [-0.3, -0.25) is 4.68 Å². The fourth-order valence-corrected chi connectivity index (χ4v) is 2.06. The van der Waals surface area contributed by atoms with Crippen LogP contribution < -0.4 is 4.74 Å². The van der Waals surface area contributed by atoms with E-state index in [1.807, 2.05) is 25.4 Å². The third-order valence-corrected chi connectivity index (χ3v) is 2.99. The molecule has 0 saturated heterocycles. The van der Waals surface area contributed by atoms with Gasteiger partial charge in [0.15, 0.2) is 0 Å². The molecule has 20 heavy (non-hydrogen) atoms. The van der Waals surface area contributed by atoms with Crippen molar-refractivity contribution < 1.29 is 9.53 Å². The molecule has 0 aliphatic carbocycles. The maximum atomic E-state index is 10.5. The number of rotatable bonds is 6. The number of nitrogens with zero attached hydrogens (tertiary/aromatic N) is 3. The van der Waals surface area contributed by atoms with Gasteiger partial charge in [-0.2, -0.15) is 4.99 Å². The molecular weight excluding hydrogens is 254 g/mol. The number of hydrogen-bond donors (Lipinski definition) is 0. The minimum atomic E-state index is 0.341. The Morgan fingerprint density at radius 3 is 2.90 bits per heavy atom. The van der Waals surface area contributed by atoms with Crippen molar-refractivity contribution in [2.24, 2.45) is 12.0 Å². The normalized spacial score (nSPS) is 10.1. The quantitative estimate of drug-likeness (QED) is 0.599. The van der Waals surface area contributed by atoms with Gasteiger partial charge in [0.1, 0.15) is 6.61 Å². The highest BCUT2D eigenvalue weighted by molar-refractivity contribution is 5.56. The summed E-state index contributed by atoms with van der Waals surface area (Å²) in [5, 5.41) is 4.16. The highest BCUT2D eigenvalue weighted by atomic mass is 16.5. The van der Waals surface area contributed by atoms with E-state index in [1.54, 1.807) is 22.9 Å². The standard InChI is InChI=1S/C15H17N3O2/c1-3-5-12-6-4-7-14(16-11-19)13(12)10-20-15-8-9-18(2)17-15/h4,6-9H,3,5,10H2,1-2H3. The number of aliphatic imine (C=N–C) groups is 1. The summed E-state index contributed by atoms with van der Waals surface area (Å²) in [5.74, 6) is 0.555. The number of ether oxygens (including phenoxy) is 1. The summed E-state index contributed by atoms with van der Waals surface area (Å²) in [5.41, 5.74) is 2.67. The van der Waals surface area contributed by atoms with E-state index in [0.29, 0.717) is 18.2 Å². The van der Waals surface area contributed by atoms with E-state index < -0.39 is 0 Å². The van der Waals surface area contributed by atoms with Gasteiger partial charge < -0.3 is 4.74 Å². The van der Waals surface area contributed by atoms with Crippen molar-refractivity contribution in [2.75, 3.05) is 0 Å². The third-order valence-electron chi connectivity index (χ3n) is 2.99. The molecule has 2 aromatic rings. The molecule has 0 fully saturated rings. The van der Waals surface area contributed by atoms with Gasteiger partial charge in [0.2, 0.25) is 12.0 Å². The summed E-state index contributed by atoms with van der Waals surface area (Å²) in [6.07, 6.45) is 5.35. The SMILES string of the molecule is CCCc1cccc(N=C=O)c1COc1ccn(C)n1. The van der Waals surface area contributed by atoms with E-state index in [9.17, 15) is 4.79 Å². The Balaban J connectivity index is 2.24. The second-order valence-electron chi connectivity index (χ2n) is 4.48. The Hall–Kier alpha value is -2.39. The summed E-state index contributed by atoms with van der Waals surface area (Å²) in [7, 11) is 1.83. The molecule has 104 valence electrons. The van der Waals surface area contributed by atoms with Crippen molar-refractivity contribution in [1.29, 1.82) is 0 Å². The zero-order valence-corrected chi connectivity index (χ0v) is 11.7. The lowest BCUT2D eigenvalue weighted by Crippen LogP contribution is -2.02. The number of benzene rings is 1. The fraction of sp³-hybridized carbons (Fsp3) is 0.333. The van der Waals surface area contributed by atoms with E-state index in [2.05, 4.69) is 17.0 Å². The van der Waals surface area contributed by atoms with Crippen molar-refractivity contribution in [3.8, 4) is 5.88 Å². The summed E-state index contributed by atoms with van der Waals surface area (Å²) in [6.45, 7) is 2.45. The van der Waals surface area contributed by atoms with Crippen molar-refractivity contribution in [3.05, 3.63) is 41.6 Å². The molecule has 0 atom stereocenters. The molecule has 0 aliphatic heterocycles. The number of aryl methyl sites for hydroxylation is 2. The number of isocyanates is 1. The molecule has 1 aromatic heterocycles. The van der Waals surface area contributed by atoms with Crippen LogP contribution in [0.15, 0.2) is 35.5 Å². The van der Waals surface area contributed by atoms with Crippen LogP contribution in [0, 0.1) is 0 Å². The van der Waals surface area contributed by atoms with Gasteiger partial charge in [-0.1, -0.05) is 25.5 Å². The highest BCUT2D eigenvalue weighted by Gasteiger charge is 2.09. The first kappa shape index (κ1) is 14.0. The van der Waals surface area contributed by atoms with E-state index >= 15 is 0 Å². The maximum absolute atomic E-state index is 10.5. The molecule has 5 heteroatoms. The van der Waals surface area contributed by atoms with Gasteiger partial charge in [0.05, 0.1) is 5.69 Å². The summed E-state index contributed by atoms with van der Waals surface area (Å²) >= 11 is 0. The van der Waals surface area contributed by atoms with Gasteiger partial charge in [0.25, 0.3) is 0 Å². The minimum absolute atomic E-state index is 0.341. The van der Waals surface area contributed by atoms with Crippen LogP contribution >= 0.6 is 0 Å². The van der Waals surface area contributed by atoms with E-state index in [1.165, 1.54) is 0 Å². The van der Waals surface area contributed by atoms with Gasteiger partial charge in [-0.15, -0.1) is 5.10 Å². The molecule has 0 radical (unpaired) electrons. The molecule has 0 aliphatic rings. The van der Waals surface area contributed by atoms with Crippen LogP contribution in [-0.2, 0) is 24.9 Å². The molecule has 0 spiro atoms. The maximum Gasteiger partial charge on any atom is 0.240 e. The van der Waals surface area contributed by atoms with Crippen molar-refractivity contribution in [1.82, 2.24) is 9.78 Å². The molecule has 0 amide bonds. The molecule has 2 rings (SSSR count). The zero-order chi connectivity index (χ0) is 14.4. The summed E-state index contributed by atoms with van der Waals surface area (Å²) in [4.78, 5) is 14.3. The Morgan fingerprint density at radius 1 is 1.40 bits per heavy atom. The van der Waals surface area contributed by atoms with E-state index in [4.69, 9.17) is 4.74 Å². The second-order valence-corrected chi connectivity index (χ2v) is 4.48. The largest absolute Gasteiger partial charge is 0.472 e. The van der Waals surface area contributed by atoms with Gasteiger partial charge in [0, 0.05) is 24.9 Å². The summed E-state index contributed by atoms with van der Waals surface area (Å²) < 4.78 is 7.34. The van der Waals surface area contributed by atoms with Crippen LogP contribution in [0.1, 0.15) is 24.5 Å². The average Bonchev–Trinajstić information content (AvgIpc) is 2.84. The molecule has 0 bridgehead atoms. The number of carbonyl (C=O) groups excluding carboxylic acids is 1. The van der Waals surface area contributed by atoms with Crippen LogP contribution in [0.3, 0.4) is 0 Å². The lowest BCUT2D eigenvalue weighted by atomic mass is 10.0. The van der Waals surface area contributed by atoms with Gasteiger partial charge >= 0.3 is 0 Å². The van der Waals surface area contributed by atoms with E-state index in [-0.39, 0.29) is 0 Å². The van der Waals surface area contributed by atoms with Crippen LogP contribution in [0.25, 0.3) is 0 Å². The van der Waals surface area contributed by atoms with Crippen LogP contribution in [-0.4, -0.2) is 15.9 Å². The fourth-order valence-electron chi connectivity index (χ4n) is 2.06. The highest BCUT2D eigenvalue weighted by Crippen LogP contribution is 2.25. The molecule has 1 heterocycles. The van der Waals surface area contributed by atoms with Gasteiger partial charge in [-0.05, 0) is 18.1 Å². The smallest absolute Gasteiger partial charge is 0.240 e. The van der Waals surface area contributed by atoms with Crippen LogP contribution in [0.5, 0.6) is 5.88 Å². The van der Waals surface area contributed by atoms with Crippen LogP contribution in [0.4, 0.5) is 5.69 Å². The van der Waals surface area contributed by atoms with E-state index in [0.717, 1.165) is 24.0 Å². The second kappa shape index (κ2) is 6.68. The lowest BCUT2D eigenvalue weighted by Gasteiger charge is -2.11. The van der Waals surface area contributed by atoms with Gasteiger partial charge in [-0.25, -0.2) is 4.79 Å². The van der Waals surface area contributed by atoms with Crippen molar-refractivity contribution in [2.45, 2.75) is 26.4 Å². The number of hydrogen-bond acceptors (Lipinski definition) is 4. The van der Waals surface area contributed by atoms with Crippen molar-refractivity contribution >= 4 is 11.8 Å². The average molecular weight is 271 g/mol. The Kier molecular flexibility index (Phi) is 4.69. The molecule has 0 unspecified atom stereocenters. The topological polar surface area (TPSA) is 56.5 Å². The Bertz CT molecular complexity index is 628. The predicted octanol–water partition coefficient (Wildman–Crippen LogP) is 2.92. The van der Waals surface area contributed by atoms with Crippen LogP contribution in [0.2, 0.25) is 0 Å². The monoisotopic (exact) mass is 271 g/mol. The zero-order valence-electron chi connectivity index (χ0n) is 11.7. The minimum Gasteiger partial charge on any atom is -0.472 e. The first-order chi connectivity index (χ1) is 9.74.